The summed E-state index contributed by atoms with van der Waals surface area (Å²) >= 11 is 1.83. The van der Waals surface area contributed by atoms with E-state index in [1.54, 1.807) is 0 Å². The maximum atomic E-state index is 6.77. The van der Waals surface area contributed by atoms with Gasteiger partial charge in [-0.1, -0.05) is 133 Å². The maximum Gasteiger partial charge on any atom is 0.160 e. The molecule has 0 aliphatic heterocycles. The van der Waals surface area contributed by atoms with Crippen LogP contribution in [0.3, 0.4) is 0 Å². The molecule has 0 spiro atoms. The van der Waals surface area contributed by atoms with Gasteiger partial charge in [0.1, 0.15) is 11.2 Å². The molecule has 0 bridgehead atoms. The standard InChI is InChI=1S/C50H30N4OS/c1-3-11-32(12-4-1)42-28-43(54-50(53-42)34-21-19-31(20-22-34)36-29-51-49(52-30-36)33-13-5-2-6-14-33)39-25-24-37(47-40-16-7-9-17-44(40)55-48(39)47)35-23-26-46-41(27-35)38-15-8-10-18-45(38)56-46/h1-30H. The van der Waals surface area contributed by atoms with E-state index in [1.807, 2.05) is 84.4 Å². The van der Waals surface area contributed by atoms with Crippen molar-refractivity contribution in [1.82, 2.24) is 19.9 Å². The number of thiophene rings is 1. The second-order valence-electron chi connectivity index (χ2n) is 13.8. The molecule has 0 N–H and O–H groups in total. The highest BCUT2D eigenvalue weighted by Gasteiger charge is 2.20. The molecule has 11 rings (SSSR count). The van der Waals surface area contributed by atoms with E-state index < -0.39 is 0 Å². The molecule has 0 radical (unpaired) electrons. The van der Waals surface area contributed by atoms with Crippen LogP contribution in [0.2, 0.25) is 0 Å². The lowest BCUT2D eigenvalue weighted by Gasteiger charge is -2.12. The Kier molecular flexibility index (Phi) is 7.60. The number of para-hydroxylation sites is 1. The van der Waals surface area contributed by atoms with Crippen LogP contribution in [-0.4, -0.2) is 19.9 Å². The minimum absolute atomic E-state index is 0.631. The average Bonchev–Trinajstić information content (AvgIpc) is 3.85. The predicted octanol–water partition coefficient (Wildman–Crippen LogP) is 13.5. The number of aromatic nitrogens is 4. The topological polar surface area (TPSA) is 64.7 Å². The normalized spacial score (nSPS) is 11.6. The maximum absolute atomic E-state index is 6.77. The molecule has 0 aliphatic rings. The highest BCUT2D eigenvalue weighted by molar-refractivity contribution is 7.25. The number of rotatable bonds is 6. The summed E-state index contributed by atoms with van der Waals surface area (Å²) in [7, 11) is 0. The van der Waals surface area contributed by atoms with Crippen molar-refractivity contribution in [2.45, 2.75) is 0 Å². The van der Waals surface area contributed by atoms with Gasteiger partial charge < -0.3 is 4.42 Å². The van der Waals surface area contributed by atoms with Gasteiger partial charge in [0.15, 0.2) is 11.6 Å². The second kappa shape index (κ2) is 13.2. The van der Waals surface area contributed by atoms with Crippen molar-refractivity contribution in [2.24, 2.45) is 0 Å². The van der Waals surface area contributed by atoms with Crippen molar-refractivity contribution in [2.75, 3.05) is 0 Å². The Morgan fingerprint density at radius 1 is 0.393 bits per heavy atom. The van der Waals surface area contributed by atoms with E-state index in [0.717, 1.165) is 77.8 Å². The monoisotopic (exact) mass is 734 g/mol. The molecule has 0 amide bonds. The van der Waals surface area contributed by atoms with E-state index in [-0.39, 0.29) is 0 Å². The second-order valence-corrected chi connectivity index (χ2v) is 14.9. The smallest absolute Gasteiger partial charge is 0.160 e. The van der Waals surface area contributed by atoms with Crippen LogP contribution in [0.15, 0.2) is 187 Å². The first kappa shape index (κ1) is 32.2. The van der Waals surface area contributed by atoms with Gasteiger partial charge in [-0.25, -0.2) is 19.9 Å². The number of furan rings is 1. The third kappa shape index (κ3) is 5.54. The zero-order valence-electron chi connectivity index (χ0n) is 29.9. The molecule has 0 unspecified atom stereocenters. The molecule has 4 heterocycles. The summed E-state index contributed by atoms with van der Waals surface area (Å²) in [5.74, 6) is 1.33. The zero-order valence-corrected chi connectivity index (χ0v) is 30.7. The number of fused-ring (bicyclic) bond motifs is 6. The first-order valence-electron chi connectivity index (χ1n) is 18.5. The fourth-order valence-electron chi connectivity index (χ4n) is 7.66. The van der Waals surface area contributed by atoms with Gasteiger partial charge in [-0.05, 0) is 53.1 Å². The van der Waals surface area contributed by atoms with Crippen LogP contribution >= 0.6 is 11.3 Å². The summed E-state index contributed by atoms with van der Waals surface area (Å²) in [6.07, 6.45) is 3.75. The van der Waals surface area contributed by atoms with Gasteiger partial charge in [0.05, 0.1) is 11.4 Å². The Hall–Kier alpha value is -7.28. The molecule has 0 aliphatic carbocycles. The average molecular weight is 735 g/mol. The van der Waals surface area contributed by atoms with Crippen molar-refractivity contribution in [3.63, 3.8) is 0 Å². The van der Waals surface area contributed by atoms with Crippen LogP contribution in [0, 0.1) is 0 Å². The minimum atomic E-state index is 0.631. The molecule has 0 saturated carbocycles. The van der Waals surface area contributed by atoms with Crippen molar-refractivity contribution in [3.05, 3.63) is 182 Å². The lowest BCUT2D eigenvalue weighted by atomic mass is 9.95. The van der Waals surface area contributed by atoms with Crippen molar-refractivity contribution < 1.29 is 4.42 Å². The molecule has 6 heteroatoms. The molecule has 11 aromatic rings. The fourth-order valence-corrected chi connectivity index (χ4v) is 8.75. The summed E-state index contributed by atoms with van der Waals surface area (Å²) in [6, 6.07) is 58.8. The number of hydrogen-bond donors (Lipinski definition) is 0. The Morgan fingerprint density at radius 3 is 1.80 bits per heavy atom. The van der Waals surface area contributed by atoms with Crippen molar-refractivity contribution in [3.8, 4) is 67.5 Å². The summed E-state index contributed by atoms with van der Waals surface area (Å²) < 4.78 is 9.34. The minimum Gasteiger partial charge on any atom is -0.455 e. The van der Waals surface area contributed by atoms with Crippen molar-refractivity contribution in [1.29, 1.82) is 0 Å². The predicted molar refractivity (Wildman–Crippen MR) is 230 cm³/mol. The molecule has 56 heavy (non-hydrogen) atoms. The molecular formula is C50H30N4OS. The highest BCUT2D eigenvalue weighted by Crippen LogP contribution is 2.44. The van der Waals surface area contributed by atoms with Crippen LogP contribution in [0.5, 0.6) is 0 Å². The van der Waals surface area contributed by atoms with Crippen LogP contribution in [0.4, 0.5) is 0 Å². The molecule has 0 fully saturated rings. The SMILES string of the molecule is c1ccc(-c2cc(-c3ccc(-c4ccc5sc6ccccc6c5c4)c4c3oc3ccccc34)nc(-c3ccc(-c4cnc(-c5ccccc5)nc4)cc3)n2)cc1. The highest BCUT2D eigenvalue weighted by atomic mass is 32.1. The van der Waals surface area contributed by atoms with Crippen LogP contribution in [-0.2, 0) is 0 Å². The van der Waals surface area contributed by atoms with Gasteiger partial charge in [0.25, 0.3) is 0 Å². The van der Waals surface area contributed by atoms with E-state index in [1.165, 1.54) is 20.2 Å². The molecular weight excluding hydrogens is 705 g/mol. The third-order valence-corrected chi connectivity index (χ3v) is 11.6. The van der Waals surface area contributed by atoms with E-state index in [9.17, 15) is 0 Å². The lowest BCUT2D eigenvalue weighted by Crippen LogP contribution is -1.96. The Balaban J connectivity index is 1.04. The lowest BCUT2D eigenvalue weighted by molar-refractivity contribution is 0.670. The Bertz CT molecular complexity index is 3230. The van der Waals surface area contributed by atoms with E-state index in [0.29, 0.717) is 11.6 Å². The van der Waals surface area contributed by atoms with Crippen LogP contribution in [0.25, 0.3) is 110 Å². The van der Waals surface area contributed by atoms with E-state index in [2.05, 4.69) is 119 Å². The Labute approximate surface area is 326 Å². The molecule has 7 aromatic carbocycles. The number of benzene rings is 7. The zero-order chi connectivity index (χ0) is 37.0. The van der Waals surface area contributed by atoms with Gasteiger partial charge in [-0.3, -0.25) is 0 Å². The summed E-state index contributed by atoms with van der Waals surface area (Å²) in [4.78, 5) is 19.6. The molecule has 262 valence electrons. The Morgan fingerprint density at radius 2 is 1.00 bits per heavy atom. The third-order valence-electron chi connectivity index (χ3n) is 10.4. The first-order chi connectivity index (χ1) is 27.7. The van der Waals surface area contributed by atoms with Gasteiger partial charge in [-0.2, -0.15) is 0 Å². The molecule has 4 aromatic heterocycles. The van der Waals surface area contributed by atoms with Gasteiger partial charge in [-0.15, -0.1) is 11.3 Å². The fraction of sp³-hybridized carbons (Fsp3) is 0. The largest absolute Gasteiger partial charge is 0.455 e. The molecule has 0 saturated heterocycles. The number of nitrogens with zero attached hydrogens (tertiary/aromatic N) is 4. The quantitative estimate of drug-likeness (QED) is 0.170. The van der Waals surface area contributed by atoms with E-state index in [4.69, 9.17) is 14.4 Å². The summed E-state index contributed by atoms with van der Waals surface area (Å²) in [5.41, 5.74) is 11.3. The van der Waals surface area contributed by atoms with Crippen LogP contribution < -0.4 is 0 Å². The molecule has 5 nitrogen and oxygen atoms in total. The first-order valence-corrected chi connectivity index (χ1v) is 19.3. The van der Waals surface area contributed by atoms with E-state index >= 15 is 0 Å². The van der Waals surface area contributed by atoms with Crippen molar-refractivity contribution >= 4 is 53.4 Å². The van der Waals surface area contributed by atoms with Gasteiger partial charge in [0.2, 0.25) is 0 Å². The van der Waals surface area contributed by atoms with Gasteiger partial charge >= 0.3 is 0 Å². The number of hydrogen-bond acceptors (Lipinski definition) is 6. The summed E-state index contributed by atoms with van der Waals surface area (Å²) in [6.45, 7) is 0. The molecule has 0 atom stereocenters. The van der Waals surface area contributed by atoms with Gasteiger partial charge in [0, 0.05) is 71.2 Å². The summed E-state index contributed by atoms with van der Waals surface area (Å²) in [5, 5.41) is 4.69. The van der Waals surface area contributed by atoms with Crippen LogP contribution in [0.1, 0.15) is 0 Å².